The summed E-state index contributed by atoms with van der Waals surface area (Å²) in [4.78, 5) is 0. The maximum Gasteiger partial charge on any atom is 0.171 e. The Morgan fingerprint density at radius 1 is 1.50 bits per heavy atom. The summed E-state index contributed by atoms with van der Waals surface area (Å²) >= 11 is 4.57. The van der Waals surface area contributed by atoms with Crippen LogP contribution in [0.15, 0.2) is 6.08 Å². The molecule has 6 heteroatoms. The van der Waals surface area contributed by atoms with Crippen LogP contribution < -0.4 is 0 Å². The number of nitrogens with zero attached hydrogens (tertiary/aromatic N) is 3. The van der Waals surface area contributed by atoms with Gasteiger partial charge in [0.1, 0.15) is 0 Å². The summed E-state index contributed by atoms with van der Waals surface area (Å²) in [5, 5.41) is 13.2. The van der Waals surface area contributed by atoms with Crippen molar-refractivity contribution in [2.45, 2.75) is 1.93 Å². The van der Waals surface area contributed by atoms with E-state index in [2.05, 4.69) is 65.8 Å². The van der Waals surface area contributed by atoms with Crippen molar-refractivity contribution in [1.82, 2.24) is 20.6 Å². The molecule has 0 amide bonds. The van der Waals surface area contributed by atoms with Gasteiger partial charge in [-0.1, -0.05) is 51.3 Å². The van der Waals surface area contributed by atoms with Crippen molar-refractivity contribution in [3.63, 3.8) is 0 Å². The fourth-order valence-electron chi connectivity index (χ4n) is 0.401. The standard InChI is InChI=1S/C4H4I2N4/c5-3(6)1-2-4-7-9-10-8-4/h1-3H,(H,7,8,9,10)/b2-1+. The Hall–Kier alpha value is 0.270. The highest BCUT2D eigenvalue weighted by Crippen LogP contribution is 2.11. The molecule has 0 saturated carbocycles. The highest BCUT2D eigenvalue weighted by molar-refractivity contribution is 14.2. The quantitative estimate of drug-likeness (QED) is 0.640. The zero-order chi connectivity index (χ0) is 7.40. The van der Waals surface area contributed by atoms with Crippen LogP contribution in [0.5, 0.6) is 0 Å². The number of allylic oxidation sites excluding steroid dienone is 1. The van der Waals surface area contributed by atoms with Gasteiger partial charge in [0.25, 0.3) is 0 Å². The largest absolute Gasteiger partial charge is 0.239 e. The van der Waals surface area contributed by atoms with Gasteiger partial charge in [-0.3, -0.25) is 0 Å². The van der Waals surface area contributed by atoms with Crippen molar-refractivity contribution in [3.8, 4) is 0 Å². The molecular formula is C4H4I2N4. The van der Waals surface area contributed by atoms with Gasteiger partial charge in [-0.15, -0.1) is 5.10 Å². The van der Waals surface area contributed by atoms with Crippen molar-refractivity contribution < 1.29 is 0 Å². The van der Waals surface area contributed by atoms with Crippen LogP contribution in [0.1, 0.15) is 5.82 Å². The Labute approximate surface area is 85.1 Å². The molecule has 0 spiro atoms. The lowest BCUT2D eigenvalue weighted by molar-refractivity contribution is 0.881. The molecule has 1 aromatic rings. The molecule has 1 rings (SSSR count). The summed E-state index contributed by atoms with van der Waals surface area (Å²) in [5.41, 5.74) is 0. The third kappa shape index (κ3) is 2.90. The molecule has 0 aliphatic heterocycles. The van der Waals surface area contributed by atoms with Crippen LogP contribution in [0.4, 0.5) is 0 Å². The second kappa shape index (κ2) is 4.21. The topological polar surface area (TPSA) is 54.5 Å². The van der Waals surface area contributed by atoms with Gasteiger partial charge in [-0.25, -0.2) is 5.10 Å². The van der Waals surface area contributed by atoms with E-state index in [0.29, 0.717) is 7.76 Å². The molecule has 0 aliphatic rings. The second-order valence-corrected chi connectivity index (χ2v) is 6.55. The molecule has 0 atom stereocenters. The van der Waals surface area contributed by atoms with Crippen LogP contribution in [0.25, 0.3) is 6.08 Å². The molecule has 0 radical (unpaired) electrons. The maximum atomic E-state index is 3.68. The molecule has 1 N–H and O–H groups in total. The molecule has 0 bridgehead atoms. The van der Waals surface area contributed by atoms with Crippen LogP contribution >= 0.6 is 45.2 Å². The number of aromatic amines is 1. The normalized spacial score (nSPS) is 11.5. The Balaban J connectivity index is 2.55. The first kappa shape index (κ1) is 8.37. The molecule has 1 aromatic heterocycles. The number of rotatable bonds is 2. The Morgan fingerprint density at radius 2 is 2.30 bits per heavy atom. The van der Waals surface area contributed by atoms with Crippen molar-refractivity contribution in [1.29, 1.82) is 0 Å². The molecule has 0 aliphatic carbocycles. The van der Waals surface area contributed by atoms with Gasteiger partial charge in [0, 0.05) is 0 Å². The zero-order valence-electron chi connectivity index (χ0n) is 4.83. The average molecular weight is 362 g/mol. The minimum atomic E-state index is 0.472. The van der Waals surface area contributed by atoms with Gasteiger partial charge >= 0.3 is 0 Å². The van der Waals surface area contributed by atoms with Gasteiger partial charge in [0.05, 0.1) is 1.93 Å². The predicted octanol–water partition coefficient (Wildman–Crippen LogP) is 1.41. The van der Waals surface area contributed by atoms with Crippen molar-refractivity contribution in [3.05, 3.63) is 11.9 Å². The van der Waals surface area contributed by atoms with Crippen molar-refractivity contribution in [2.24, 2.45) is 0 Å². The van der Waals surface area contributed by atoms with Crippen LogP contribution in [0.2, 0.25) is 0 Å². The monoisotopic (exact) mass is 362 g/mol. The van der Waals surface area contributed by atoms with E-state index in [4.69, 9.17) is 0 Å². The zero-order valence-corrected chi connectivity index (χ0v) is 9.14. The first-order valence-corrected chi connectivity index (χ1v) is 4.98. The molecule has 10 heavy (non-hydrogen) atoms. The fraction of sp³-hybridized carbons (Fsp3) is 0.250. The lowest BCUT2D eigenvalue weighted by atomic mass is 10.5. The molecule has 0 aromatic carbocycles. The van der Waals surface area contributed by atoms with E-state index < -0.39 is 0 Å². The lowest BCUT2D eigenvalue weighted by Gasteiger charge is -1.85. The van der Waals surface area contributed by atoms with Crippen LogP contribution in [0.3, 0.4) is 0 Å². The maximum absolute atomic E-state index is 3.68. The number of alkyl halides is 2. The van der Waals surface area contributed by atoms with Crippen LogP contribution in [-0.2, 0) is 0 Å². The Bertz CT molecular complexity index is 205. The van der Waals surface area contributed by atoms with Crippen molar-refractivity contribution in [2.75, 3.05) is 0 Å². The Kier molecular flexibility index (Phi) is 3.52. The average Bonchev–Trinajstić information content (AvgIpc) is 2.34. The number of tetrazole rings is 1. The minimum Gasteiger partial charge on any atom is -0.239 e. The van der Waals surface area contributed by atoms with Crippen molar-refractivity contribution >= 4 is 51.3 Å². The molecule has 0 saturated heterocycles. The molecular weight excluding hydrogens is 358 g/mol. The summed E-state index contributed by atoms with van der Waals surface area (Å²) < 4.78 is 0.472. The number of nitrogens with one attached hydrogen (secondary N) is 1. The summed E-state index contributed by atoms with van der Waals surface area (Å²) in [6.07, 6.45) is 3.85. The first-order chi connectivity index (χ1) is 4.79. The van der Waals surface area contributed by atoms with E-state index in [1.807, 2.05) is 12.2 Å². The highest BCUT2D eigenvalue weighted by Gasteiger charge is 1.91. The third-order valence-corrected chi connectivity index (χ3v) is 1.59. The van der Waals surface area contributed by atoms with E-state index in [0.717, 1.165) is 0 Å². The SMILES string of the molecule is IC(I)/C=C/c1nnn[nH]1. The molecule has 54 valence electrons. The number of hydrogen-bond donors (Lipinski definition) is 1. The van der Waals surface area contributed by atoms with Gasteiger partial charge in [0.15, 0.2) is 5.82 Å². The van der Waals surface area contributed by atoms with Crippen LogP contribution in [0, 0.1) is 0 Å². The molecule has 0 unspecified atom stereocenters. The van der Waals surface area contributed by atoms with Gasteiger partial charge in [-0.2, -0.15) is 0 Å². The van der Waals surface area contributed by atoms with Gasteiger partial charge < -0.3 is 0 Å². The smallest absolute Gasteiger partial charge is 0.171 e. The van der Waals surface area contributed by atoms with Gasteiger partial charge in [-0.05, 0) is 16.5 Å². The lowest BCUT2D eigenvalue weighted by Crippen LogP contribution is -1.77. The number of hydrogen-bond acceptors (Lipinski definition) is 3. The summed E-state index contributed by atoms with van der Waals surface area (Å²) in [5.74, 6) is 0.693. The number of H-pyrrole nitrogens is 1. The predicted molar refractivity (Wildman–Crippen MR) is 55.0 cm³/mol. The molecule has 0 fully saturated rings. The summed E-state index contributed by atoms with van der Waals surface area (Å²) in [6.45, 7) is 0. The van der Waals surface area contributed by atoms with E-state index in [-0.39, 0.29) is 0 Å². The van der Waals surface area contributed by atoms with Crippen LogP contribution in [-0.4, -0.2) is 22.6 Å². The van der Waals surface area contributed by atoms with Gasteiger partial charge in [0.2, 0.25) is 0 Å². The number of halogens is 2. The van der Waals surface area contributed by atoms with E-state index in [9.17, 15) is 0 Å². The van der Waals surface area contributed by atoms with E-state index in [1.54, 1.807) is 0 Å². The van der Waals surface area contributed by atoms with E-state index >= 15 is 0 Å². The summed E-state index contributed by atoms with van der Waals surface area (Å²) in [6, 6.07) is 0. The van der Waals surface area contributed by atoms with E-state index in [1.165, 1.54) is 0 Å². The highest BCUT2D eigenvalue weighted by atomic mass is 127. The fourth-order valence-corrected chi connectivity index (χ4v) is 0.816. The third-order valence-electron chi connectivity index (χ3n) is 0.761. The Morgan fingerprint density at radius 3 is 2.80 bits per heavy atom. The number of aromatic nitrogens is 4. The first-order valence-electron chi connectivity index (χ1n) is 2.49. The molecule has 1 heterocycles. The summed E-state index contributed by atoms with van der Waals surface area (Å²) in [7, 11) is 0. The second-order valence-electron chi connectivity index (χ2n) is 1.48. The molecule has 4 nitrogen and oxygen atoms in total. The minimum absolute atomic E-state index is 0.472.